The summed E-state index contributed by atoms with van der Waals surface area (Å²) in [6.45, 7) is 0. The van der Waals surface area contributed by atoms with Crippen LogP contribution in [0.5, 0.6) is 0 Å². The molecule has 0 N–H and O–H groups in total. The molecule has 2 amide bonds. The lowest BCUT2D eigenvalue weighted by molar-refractivity contribution is -0.134. The van der Waals surface area contributed by atoms with Crippen LogP contribution >= 0.6 is 0 Å². The lowest BCUT2D eigenvalue weighted by atomic mass is 9.46. The Morgan fingerprint density at radius 2 is 1.26 bits per heavy atom. The molecule has 5 rings (SSSR count). The Labute approximate surface area is 136 Å². The molecule has 2 saturated carbocycles. The van der Waals surface area contributed by atoms with E-state index in [9.17, 15) is 9.59 Å². The standard InChI is InChI=1S/C20H21NO2/c22-17-15-16(18(23)21(17)14-6-2-1-3-7-14)20(10-5-11-20)13-12-19(15)8-4-9-19/h1-3,6-7,12-13,15-16H,4-5,8-11H2/t15-,16+. The molecule has 4 aliphatic rings. The third-order valence-corrected chi connectivity index (χ3v) is 6.88. The largest absolute Gasteiger partial charge is 0.274 e. The molecule has 0 aromatic heterocycles. The van der Waals surface area contributed by atoms with Crippen LogP contribution in [0.25, 0.3) is 0 Å². The predicted octanol–water partition coefficient (Wildman–Crippen LogP) is 3.70. The van der Waals surface area contributed by atoms with E-state index in [1.54, 1.807) is 0 Å². The summed E-state index contributed by atoms with van der Waals surface area (Å²) in [6, 6.07) is 9.47. The molecule has 0 radical (unpaired) electrons. The van der Waals surface area contributed by atoms with Gasteiger partial charge in [-0.2, -0.15) is 0 Å². The number of hydrogen-bond acceptors (Lipinski definition) is 2. The van der Waals surface area contributed by atoms with Gasteiger partial charge in [0, 0.05) is 10.8 Å². The first-order chi connectivity index (χ1) is 11.2. The summed E-state index contributed by atoms with van der Waals surface area (Å²) in [7, 11) is 0. The molecule has 3 nitrogen and oxygen atoms in total. The highest BCUT2D eigenvalue weighted by Crippen LogP contribution is 2.65. The third kappa shape index (κ3) is 1.55. The van der Waals surface area contributed by atoms with Gasteiger partial charge in [-0.1, -0.05) is 43.2 Å². The van der Waals surface area contributed by atoms with Crippen LogP contribution in [0, 0.1) is 22.7 Å². The molecule has 1 aromatic carbocycles. The van der Waals surface area contributed by atoms with Crippen molar-refractivity contribution in [3.05, 3.63) is 42.5 Å². The summed E-state index contributed by atoms with van der Waals surface area (Å²) in [5.74, 6) is -0.174. The molecule has 2 spiro atoms. The van der Waals surface area contributed by atoms with Crippen LogP contribution in [0.1, 0.15) is 38.5 Å². The average Bonchev–Trinajstić information content (AvgIpc) is 2.77. The molecule has 23 heavy (non-hydrogen) atoms. The Bertz CT molecular complexity index is 670. The van der Waals surface area contributed by atoms with Crippen LogP contribution < -0.4 is 4.90 Å². The van der Waals surface area contributed by atoms with Crippen LogP contribution in [0.15, 0.2) is 42.5 Å². The third-order valence-electron chi connectivity index (χ3n) is 6.88. The number of anilines is 1. The highest BCUT2D eigenvalue weighted by molar-refractivity contribution is 6.23. The van der Waals surface area contributed by atoms with Crippen molar-refractivity contribution >= 4 is 17.5 Å². The van der Waals surface area contributed by atoms with Gasteiger partial charge < -0.3 is 0 Å². The predicted molar refractivity (Wildman–Crippen MR) is 87.6 cm³/mol. The topological polar surface area (TPSA) is 37.4 Å². The number of benzene rings is 1. The zero-order valence-electron chi connectivity index (χ0n) is 13.2. The summed E-state index contributed by atoms with van der Waals surface area (Å²) in [6.07, 6.45) is 11.2. The Kier molecular flexibility index (Phi) is 2.55. The van der Waals surface area contributed by atoms with Gasteiger partial charge >= 0.3 is 0 Å². The number of nitrogens with zero attached hydrogens (tertiary/aromatic N) is 1. The highest BCUT2D eigenvalue weighted by atomic mass is 16.2. The molecule has 3 aliphatic carbocycles. The number of rotatable bonds is 1. The zero-order chi connectivity index (χ0) is 15.7. The van der Waals surface area contributed by atoms with Crippen LogP contribution in [-0.4, -0.2) is 11.8 Å². The van der Waals surface area contributed by atoms with E-state index in [-0.39, 0.29) is 34.5 Å². The van der Waals surface area contributed by atoms with E-state index in [0.717, 1.165) is 31.4 Å². The van der Waals surface area contributed by atoms with Crippen molar-refractivity contribution < 1.29 is 9.59 Å². The second-order valence-electron chi connectivity index (χ2n) is 7.81. The fourth-order valence-electron chi connectivity index (χ4n) is 5.32. The van der Waals surface area contributed by atoms with Crippen molar-refractivity contribution in [2.45, 2.75) is 38.5 Å². The van der Waals surface area contributed by atoms with Crippen molar-refractivity contribution in [1.29, 1.82) is 0 Å². The summed E-state index contributed by atoms with van der Waals surface area (Å²) in [4.78, 5) is 28.0. The molecule has 118 valence electrons. The van der Waals surface area contributed by atoms with Gasteiger partial charge in [-0.3, -0.25) is 14.5 Å². The lowest BCUT2D eigenvalue weighted by Crippen LogP contribution is -2.52. The number of para-hydroxylation sites is 1. The summed E-state index contributed by atoms with van der Waals surface area (Å²) in [5.41, 5.74) is 0.657. The molecule has 2 atom stereocenters. The van der Waals surface area contributed by atoms with Gasteiger partial charge in [0.1, 0.15) is 0 Å². The summed E-state index contributed by atoms with van der Waals surface area (Å²) in [5, 5.41) is 0. The first-order valence-electron chi connectivity index (χ1n) is 8.80. The normalized spacial score (nSPS) is 32.8. The maximum Gasteiger partial charge on any atom is 0.238 e. The quantitative estimate of drug-likeness (QED) is 0.586. The zero-order valence-corrected chi connectivity index (χ0v) is 13.2. The molecule has 3 heteroatoms. The van der Waals surface area contributed by atoms with Crippen LogP contribution in [0.2, 0.25) is 0 Å². The Morgan fingerprint density at radius 1 is 0.783 bits per heavy atom. The van der Waals surface area contributed by atoms with E-state index < -0.39 is 0 Å². The van der Waals surface area contributed by atoms with Gasteiger partial charge in [0.2, 0.25) is 11.8 Å². The van der Waals surface area contributed by atoms with Gasteiger partial charge in [-0.15, -0.1) is 0 Å². The number of amides is 2. The van der Waals surface area contributed by atoms with Gasteiger partial charge in [-0.05, 0) is 37.8 Å². The van der Waals surface area contributed by atoms with E-state index in [0.29, 0.717) is 0 Å². The van der Waals surface area contributed by atoms with Crippen molar-refractivity contribution in [3.8, 4) is 0 Å². The van der Waals surface area contributed by atoms with Crippen molar-refractivity contribution in [2.24, 2.45) is 22.7 Å². The molecule has 1 saturated heterocycles. The maximum atomic E-state index is 13.3. The first-order valence-corrected chi connectivity index (χ1v) is 8.80. The highest BCUT2D eigenvalue weighted by Gasteiger charge is 2.66. The molecule has 1 aromatic rings. The number of carbonyl (C=O) groups excluding carboxylic acids is 2. The number of allylic oxidation sites excluding steroid dienone is 2. The van der Waals surface area contributed by atoms with E-state index in [1.807, 2.05) is 30.3 Å². The lowest BCUT2D eigenvalue weighted by Gasteiger charge is -2.55. The van der Waals surface area contributed by atoms with E-state index in [1.165, 1.54) is 17.7 Å². The minimum Gasteiger partial charge on any atom is -0.274 e. The molecule has 1 aliphatic heterocycles. The van der Waals surface area contributed by atoms with Crippen molar-refractivity contribution in [2.75, 3.05) is 4.90 Å². The van der Waals surface area contributed by atoms with Crippen LogP contribution in [0.3, 0.4) is 0 Å². The van der Waals surface area contributed by atoms with Gasteiger partial charge in [-0.25, -0.2) is 0 Å². The first kappa shape index (κ1) is 13.5. The van der Waals surface area contributed by atoms with Gasteiger partial charge in [0.15, 0.2) is 0 Å². The van der Waals surface area contributed by atoms with E-state index in [4.69, 9.17) is 0 Å². The van der Waals surface area contributed by atoms with Crippen molar-refractivity contribution in [1.82, 2.24) is 0 Å². The van der Waals surface area contributed by atoms with E-state index >= 15 is 0 Å². The fraction of sp³-hybridized carbons (Fsp3) is 0.500. The number of fused-ring (bicyclic) bond motifs is 3. The maximum absolute atomic E-state index is 13.3. The SMILES string of the molecule is O=C1[C@@H]2[C@H](C(=O)N1c1ccccc1)C1(C=CC23CCC3)CCC1. The van der Waals surface area contributed by atoms with Crippen LogP contribution in [-0.2, 0) is 9.59 Å². The smallest absolute Gasteiger partial charge is 0.238 e. The molecule has 0 unspecified atom stereocenters. The van der Waals surface area contributed by atoms with Gasteiger partial charge in [0.05, 0.1) is 17.5 Å². The van der Waals surface area contributed by atoms with E-state index in [2.05, 4.69) is 12.2 Å². The minimum absolute atomic E-state index is 0.0399. The fourth-order valence-corrected chi connectivity index (χ4v) is 5.32. The van der Waals surface area contributed by atoms with Gasteiger partial charge in [0.25, 0.3) is 0 Å². The monoisotopic (exact) mass is 307 g/mol. The molecule has 3 fully saturated rings. The average molecular weight is 307 g/mol. The second-order valence-corrected chi connectivity index (χ2v) is 7.81. The number of hydrogen-bond donors (Lipinski definition) is 0. The molecule has 0 bridgehead atoms. The summed E-state index contributed by atoms with van der Waals surface area (Å²) < 4.78 is 0. The van der Waals surface area contributed by atoms with Crippen molar-refractivity contribution in [3.63, 3.8) is 0 Å². The minimum atomic E-state index is -0.130. The summed E-state index contributed by atoms with van der Waals surface area (Å²) >= 11 is 0. The molecule has 1 heterocycles. The molecular weight excluding hydrogens is 286 g/mol. The number of carbonyl (C=O) groups is 2. The van der Waals surface area contributed by atoms with Crippen LogP contribution in [0.4, 0.5) is 5.69 Å². The number of imide groups is 1. The Morgan fingerprint density at radius 3 is 1.65 bits per heavy atom. The molecular formula is C20H21NO2. The Balaban J connectivity index is 1.63. The second kappa shape index (κ2) is 4.34. The Hall–Kier alpha value is -1.90.